The van der Waals surface area contributed by atoms with Gasteiger partial charge < -0.3 is 14.0 Å². The second-order valence-corrected chi connectivity index (χ2v) is 11.1. The van der Waals surface area contributed by atoms with Gasteiger partial charge in [0, 0.05) is 0 Å². The third kappa shape index (κ3) is 3.85. The zero-order chi connectivity index (χ0) is 24.1. The Bertz CT molecular complexity index is 970. The predicted molar refractivity (Wildman–Crippen MR) is 133 cm³/mol. The maximum absolute atomic E-state index is 13.5. The van der Waals surface area contributed by atoms with Crippen molar-refractivity contribution in [3.63, 3.8) is 0 Å². The van der Waals surface area contributed by atoms with Crippen molar-refractivity contribution in [2.24, 2.45) is 17.3 Å². The molecule has 4 fully saturated rings. The van der Waals surface area contributed by atoms with E-state index >= 15 is 0 Å². The summed E-state index contributed by atoms with van der Waals surface area (Å²) >= 11 is 0. The minimum absolute atomic E-state index is 0.0792. The molecule has 5 nitrogen and oxygen atoms in total. The molecule has 1 saturated heterocycles. The highest BCUT2D eigenvalue weighted by molar-refractivity contribution is 6.45. The van der Waals surface area contributed by atoms with Crippen LogP contribution in [0.3, 0.4) is 0 Å². The molecular weight excluding hydrogens is 425 g/mol. The molecule has 0 radical (unpaired) electrons. The molecule has 1 amide bonds. The van der Waals surface area contributed by atoms with Crippen LogP contribution in [0.5, 0.6) is 0 Å². The summed E-state index contributed by atoms with van der Waals surface area (Å²) in [5, 5.41) is 0. The summed E-state index contributed by atoms with van der Waals surface area (Å²) in [6, 6.07) is 19.8. The minimum Gasteiger partial charge on any atom is -0.452 e. The summed E-state index contributed by atoms with van der Waals surface area (Å²) in [5.74, 6) is 1.17. The first-order valence-electron chi connectivity index (χ1n) is 12.6. The van der Waals surface area contributed by atoms with Gasteiger partial charge in [-0.2, -0.15) is 0 Å². The predicted octanol–water partition coefficient (Wildman–Crippen LogP) is 6.21. The number of hydrogen-bond donors (Lipinski definition) is 0. The standard InChI is InChI=1S/C28H36BNO4/c1-19(21-12-8-6-9-13-21)30(20(2)22-14-10-7-11-15-22)26(31)32-18-29-33-25-17-23-16-24(27(23,3)4)28(25,5)34-29/h6-15,19-20,23-25H,16-18H2,1-5H3/t19-,20-,23+,24+,25-,28+/m1/s1. The largest absolute Gasteiger partial charge is 0.498 e. The van der Waals surface area contributed by atoms with Gasteiger partial charge in [-0.25, -0.2) is 4.79 Å². The quantitative estimate of drug-likeness (QED) is 0.480. The Morgan fingerprint density at radius 3 is 2.09 bits per heavy atom. The van der Waals surface area contributed by atoms with Gasteiger partial charge in [0.25, 0.3) is 0 Å². The van der Waals surface area contributed by atoms with E-state index in [1.165, 1.54) is 6.42 Å². The van der Waals surface area contributed by atoms with Crippen molar-refractivity contribution in [2.45, 2.75) is 71.2 Å². The summed E-state index contributed by atoms with van der Waals surface area (Å²) in [6.45, 7) is 11.1. The van der Waals surface area contributed by atoms with E-state index in [1.54, 1.807) is 0 Å². The molecule has 6 atom stereocenters. The number of carbonyl (C=O) groups excluding carboxylic acids is 1. The Morgan fingerprint density at radius 1 is 1.00 bits per heavy atom. The molecule has 0 aromatic heterocycles. The van der Waals surface area contributed by atoms with Crippen molar-refractivity contribution in [1.29, 1.82) is 0 Å². The third-order valence-electron chi connectivity index (χ3n) is 8.95. The molecule has 2 aromatic carbocycles. The van der Waals surface area contributed by atoms with Gasteiger partial charge >= 0.3 is 13.2 Å². The zero-order valence-electron chi connectivity index (χ0n) is 20.9. The number of carbonyl (C=O) groups is 1. The fraction of sp³-hybridized carbons (Fsp3) is 0.536. The average molecular weight is 461 g/mol. The van der Waals surface area contributed by atoms with Crippen molar-refractivity contribution >= 4 is 13.2 Å². The topological polar surface area (TPSA) is 48.0 Å². The fourth-order valence-electron chi connectivity index (χ4n) is 6.67. The van der Waals surface area contributed by atoms with Crippen LogP contribution in [0.15, 0.2) is 60.7 Å². The van der Waals surface area contributed by atoms with E-state index in [0.29, 0.717) is 11.8 Å². The first-order valence-corrected chi connectivity index (χ1v) is 12.6. The van der Waals surface area contributed by atoms with Crippen LogP contribution < -0.4 is 0 Å². The molecule has 180 valence electrons. The molecule has 0 spiro atoms. The van der Waals surface area contributed by atoms with Gasteiger partial charge in [0.05, 0.1) is 23.8 Å². The average Bonchev–Trinajstić information content (AvgIpc) is 3.19. The van der Waals surface area contributed by atoms with Crippen LogP contribution >= 0.6 is 0 Å². The Hall–Kier alpha value is -2.31. The monoisotopic (exact) mass is 461 g/mol. The van der Waals surface area contributed by atoms with Gasteiger partial charge in [0.1, 0.15) is 6.51 Å². The van der Waals surface area contributed by atoms with Gasteiger partial charge in [-0.3, -0.25) is 4.90 Å². The molecule has 1 aliphatic heterocycles. The van der Waals surface area contributed by atoms with E-state index in [4.69, 9.17) is 14.0 Å². The number of rotatable bonds is 6. The molecule has 2 aromatic rings. The van der Waals surface area contributed by atoms with Crippen LogP contribution in [0, 0.1) is 17.3 Å². The van der Waals surface area contributed by atoms with Gasteiger partial charge in [0.2, 0.25) is 0 Å². The van der Waals surface area contributed by atoms with Crippen LogP contribution in [0.2, 0.25) is 0 Å². The van der Waals surface area contributed by atoms with Gasteiger partial charge in [-0.1, -0.05) is 74.5 Å². The van der Waals surface area contributed by atoms with Crippen molar-refractivity contribution in [1.82, 2.24) is 4.90 Å². The lowest BCUT2D eigenvalue weighted by Gasteiger charge is -2.64. The maximum Gasteiger partial charge on any atom is 0.498 e. The third-order valence-corrected chi connectivity index (χ3v) is 8.95. The number of benzene rings is 2. The van der Waals surface area contributed by atoms with Crippen LogP contribution in [-0.4, -0.2) is 36.3 Å². The number of nitrogens with zero attached hydrogens (tertiary/aromatic N) is 1. The van der Waals surface area contributed by atoms with Crippen molar-refractivity contribution in [3.8, 4) is 0 Å². The summed E-state index contributed by atoms with van der Waals surface area (Å²) < 4.78 is 18.6. The minimum atomic E-state index is -0.519. The zero-order valence-corrected chi connectivity index (χ0v) is 20.9. The lowest BCUT2D eigenvalue weighted by Crippen LogP contribution is -2.65. The highest BCUT2D eigenvalue weighted by Gasteiger charge is 2.67. The van der Waals surface area contributed by atoms with E-state index in [-0.39, 0.29) is 41.8 Å². The normalized spacial score (nSPS) is 30.6. The highest BCUT2D eigenvalue weighted by Crippen LogP contribution is 2.65. The van der Waals surface area contributed by atoms with E-state index < -0.39 is 7.12 Å². The molecule has 4 aliphatic rings. The first kappa shape index (κ1) is 23.4. The van der Waals surface area contributed by atoms with Crippen LogP contribution in [0.4, 0.5) is 4.79 Å². The Kier molecular flexibility index (Phi) is 6.01. The number of hydrogen-bond acceptors (Lipinski definition) is 4. The Labute approximate surface area is 203 Å². The molecular formula is C28H36BNO4. The maximum atomic E-state index is 13.5. The molecule has 34 heavy (non-hydrogen) atoms. The molecule has 3 saturated carbocycles. The molecule has 3 aliphatic carbocycles. The second kappa shape index (κ2) is 8.73. The van der Waals surface area contributed by atoms with Gasteiger partial charge in [-0.15, -0.1) is 0 Å². The molecule has 0 N–H and O–H groups in total. The molecule has 2 bridgehead atoms. The summed E-state index contributed by atoms with van der Waals surface area (Å²) in [7, 11) is -0.519. The van der Waals surface area contributed by atoms with Crippen molar-refractivity contribution in [3.05, 3.63) is 71.8 Å². The first-order chi connectivity index (χ1) is 16.2. The molecule has 6 heteroatoms. The van der Waals surface area contributed by atoms with Crippen LogP contribution in [-0.2, 0) is 14.0 Å². The van der Waals surface area contributed by atoms with Gasteiger partial charge in [-0.05, 0) is 62.0 Å². The summed E-state index contributed by atoms with van der Waals surface area (Å²) in [6.07, 6.45) is 1.94. The Morgan fingerprint density at radius 2 is 1.56 bits per heavy atom. The van der Waals surface area contributed by atoms with E-state index in [1.807, 2.05) is 79.4 Å². The van der Waals surface area contributed by atoms with Crippen LogP contribution in [0.1, 0.15) is 70.7 Å². The fourth-order valence-corrected chi connectivity index (χ4v) is 6.67. The lowest BCUT2D eigenvalue weighted by atomic mass is 9.43. The van der Waals surface area contributed by atoms with Crippen molar-refractivity contribution in [2.75, 3.05) is 6.51 Å². The highest BCUT2D eigenvalue weighted by atomic mass is 16.7. The number of amides is 1. The summed E-state index contributed by atoms with van der Waals surface area (Å²) in [4.78, 5) is 15.3. The van der Waals surface area contributed by atoms with E-state index in [9.17, 15) is 4.79 Å². The molecule has 6 rings (SSSR count). The SMILES string of the molecule is C[C@H](c1ccccc1)N(C(=O)OCB1O[C@@H]2C[C@@H]3C[C@@H](C3(C)C)[C@]2(C)O1)[C@H](C)c1ccccc1. The lowest BCUT2D eigenvalue weighted by molar-refractivity contribution is -0.199. The van der Waals surface area contributed by atoms with Gasteiger partial charge in [0.15, 0.2) is 0 Å². The van der Waals surface area contributed by atoms with Crippen molar-refractivity contribution < 1.29 is 18.8 Å². The smallest absolute Gasteiger partial charge is 0.452 e. The molecule has 1 heterocycles. The summed E-state index contributed by atoms with van der Waals surface area (Å²) in [5.41, 5.74) is 2.11. The molecule has 0 unspecified atom stereocenters. The van der Waals surface area contributed by atoms with E-state index in [2.05, 4.69) is 20.8 Å². The van der Waals surface area contributed by atoms with Crippen LogP contribution in [0.25, 0.3) is 0 Å². The van der Waals surface area contributed by atoms with E-state index in [0.717, 1.165) is 17.5 Å². The number of ether oxygens (including phenoxy) is 1. The second-order valence-electron chi connectivity index (χ2n) is 11.1. The Balaban J connectivity index is 1.29.